The van der Waals surface area contributed by atoms with Crippen molar-refractivity contribution in [3.05, 3.63) is 35.5 Å². The Labute approximate surface area is 218 Å². The van der Waals surface area contributed by atoms with E-state index in [1.54, 1.807) is 13.8 Å². The number of hydrogen-bond donors (Lipinski definition) is 2. The second kappa shape index (κ2) is 12.1. The molecule has 3 fully saturated rings. The second-order valence-electron chi connectivity index (χ2n) is 11.8. The lowest BCUT2D eigenvalue weighted by Crippen LogP contribution is -2.36. The first kappa shape index (κ1) is 28.7. The summed E-state index contributed by atoms with van der Waals surface area (Å²) in [6.45, 7) is 12.7. The van der Waals surface area contributed by atoms with E-state index in [1.807, 2.05) is 0 Å². The van der Waals surface area contributed by atoms with Crippen LogP contribution in [0.25, 0.3) is 0 Å². The van der Waals surface area contributed by atoms with Gasteiger partial charge in [0.15, 0.2) is 0 Å². The number of aliphatic hydroxyl groups is 2. The summed E-state index contributed by atoms with van der Waals surface area (Å²) in [7, 11) is 1.36. The molecule has 0 heterocycles. The van der Waals surface area contributed by atoms with E-state index >= 15 is 0 Å². The summed E-state index contributed by atoms with van der Waals surface area (Å²) < 4.78 is 10.4. The highest BCUT2D eigenvalue weighted by molar-refractivity contribution is 5.69. The summed E-state index contributed by atoms with van der Waals surface area (Å²) in [6.07, 6.45) is 12.0. The maximum absolute atomic E-state index is 11.3. The third-order valence-electron chi connectivity index (χ3n) is 8.73. The quantitative estimate of drug-likeness (QED) is 0.357. The highest BCUT2D eigenvalue weighted by Gasteiger charge is 2.50. The van der Waals surface area contributed by atoms with Crippen LogP contribution in [0.1, 0.15) is 85.5 Å². The lowest BCUT2D eigenvalue weighted by atomic mass is 9.61. The summed E-state index contributed by atoms with van der Waals surface area (Å²) in [6, 6.07) is 0. The smallest absolute Gasteiger partial charge is 0.307 e. The van der Waals surface area contributed by atoms with Gasteiger partial charge in [-0.1, -0.05) is 44.1 Å². The molecule has 36 heavy (non-hydrogen) atoms. The Morgan fingerprint density at radius 3 is 2.72 bits per heavy atom. The van der Waals surface area contributed by atoms with E-state index in [-0.39, 0.29) is 25.1 Å². The van der Waals surface area contributed by atoms with E-state index in [9.17, 15) is 15.0 Å². The number of carbonyl (C=O) groups excluding carboxylic acids is 1. The van der Waals surface area contributed by atoms with Crippen LogP contribution in [0.15, 0.2) is 35.5 Å². The van der Waals surface area contributed by atoms with Gasteiger partial charge in [-0.15, -0.1) is 5.92 Å². The fraction of sp³-hybridized carbons (Fsp3) is 0.710. The average Bonchev–Trinajstić information content (AvgIpc) is 3.17. The van der Waals surface area contributed by atoms with Crippen molar-refractivity contribution in [2.24, 2.45) is 23.2 Å². The number of methoxy groups -OCH3 is 1. The first-order valence-electron chi connectivity index (χ1n) is 13.6. The topological polar surface area (TPSA) is 76.0 Å². The Kier molecular flexibility index (Phi) is 9.66. The maximum atomic E-state index is 11.3. The Balaban J connectivity index is 1.64. The van der Waals surface area contributed by atoms with Crippen LogP contribution in [0.4, 0.5) is 0 Å². The Bertz CT molecular complexity index is 927. The highest BCUT2D eigenvalue weighted by atomic mass is 16.5. The first-order chi connectivity index (χ1) is 17.0. The van der Waals surface area contributed by atoms with Gasteiger partial charge in [-0.05, 0) is 93.1 Å². The molecule has 0 amide bonds. The van der Waals surface area contributed by atoms with Crippen molar-refractivity contribution in [1.29, 1.82) is 0 Å². The molecule has 5 heteroatoms. The summed E-state index contributed by atoms with van der Waals surface area (Å²) in [5, 5.41) is 20.7. The van der Waals surface area contributed by atoms with E-state index < -0.39 is 11.7 Å². The maximum Gasteiger partial charge on any atom is 0.307 e. The Morgan fingerprint density at radius 1 is 1.28 bits per heavy atom. The summed E-state index contributed by atoms with van der Waals surface area (Å²) in [5.74, 6) is 7.66. The molecule has 0 bridgehead atoms. The van der Waals surface area contributed by atoms with Gasteiger partial charge in [0.1, 0.15) is 11.7 Å². The number of ether oxygens (including phenoxy) is 2. The molecule has 2 unspecified atom stereocenters. The van der Waals surface area contributed by atoms with Crippen LogP contribution in [0.5, 0.6) is 0 Å². The molecular weight excluding hydrogens is 452 g/mol. The van der Waals surface area contributed by atoms with Gasteiger partial charge in [-0.2, -0.15) is 0 Å². The van der Waals surface area contributed by atoms with Crippen LogP contribution in [0, 0.1) is 35.0 Å². The lowest BCUT2D eigenvalue weighted by molar-refractivity contribution is -0.143. The molecule has 5 nitrogen and oxygen atoms in total. The fourth-order valence-electron chi connectivity index (χ4n) is 6.78. The van der Waals surface area contributed by atoms with Crippen molar-refractivity contribution in [3.63, 3.8) is 0 Å². The van der Waals surface area contributed by atoms with Gasteiger partial charge in [0, 0.05) is 6.42 Å². The molecule has 200 valence electrons. The van der Waals surface area contributed by atoms with Crippen LogP contribution in [0.2, 0.25) is 0 Å². The van der Waals surface area contributed by atoms with Gasteiger partial charge < -0.3 is 19.7 Å². The van der Waals surface area contributed by atoms with Crippen molar-refractivity contribution in [2.75, 3.05) is 13.7 Å². The van der Waals surface area contributed by atoms with Crippen LogP contribution in [-0.2, 0) is 14.3 Å². The minimum atomic E-state index is -0.929. The van der Waals surface area contributed by atoms with E-state index in [0.717, 1.165) is 30.4 Å². The molecule has 0 aromatic carbocycles. The minimum absolute atomic E-state index is 0.187. The SMILES string of the molecule is C=C1/C(=C\C=C2/CCCC3(C)C2CC[C@@H]3[C@H](C)CC#CC(C)(C)O)CC[C@H](OCCC(=O)OC)[C@@H]1O. The summed E-state index contributed by atoms with van der Waals surface area (Å²) in [4.78, 5) is 11.3. The van der Waals surface area contributed by atoms with Gasteiger partial charge in [-0.3, -0.25) is 4.79 Å². The number of esters is 1. The van der Waals surface area contributed by atoms with E-state index in [1.165, 1.54) is 38.4 Å². The number of fused-ring (bicyclic) bond motifs is 1. The largest absolute Gasteiger partial charge is 0.469 e. The Hall–Kier alpha value is -1.87. The number of allylic oxidation sites excluding steroid dienone is 3. The third-order valence-corrected chi connectivity index (χ3v) is 8.73. The van der Waals surface area contributed by atoms with E-state index in [0.29, 0.717) is 29.6 Å². The molecule has 6 atom stereocenters. The molecule has 0 radical (unpaired) electrons. The molecule has 3 saturated carbocycles. The van der Waals surface area contributed by atoms with Crippen LogP contribution in [0.3, 0.4) is 0 Å². The third kappa shape index (κ3) is 6.91. The molecule has 2 N–H and O–H groups in total. The molecule has 3 aliphatic rings. The van der Waals surface area contributed by atoms with Gasteiger partial charge in [0.2, 0.25) is 0 Å². The summed E-state index contributed by atoms with van der Waals surface area (Å²) in [5.41, 5.74) is 2.72. The van der Waals surface area contributed by atoms with Crippen LogP contribution < -0.4 is 0 Å². The molecule has 0 aliphatic heterocycles. The van der Waals surface area contributed by atoms with Crippen LogP contribution in [-0.4, -0.2) is 47.7 Å². The molecule has 0 spiro atoms. The predicted octanol–water partition coefficient (Wildman–Crippen LogP) is 5.52. The molecule has 0 aromatic heterocycles. The number of aliphatic hydroxyl groups excluding tert-OH is 1. The Morgan fingerprint density at radius 2 is 2.03 bits per heavy atom. The second-order valence-corrected chi connectivity index (χ2v) is 11.8. The molecule has 3 aliphatic carbocycles. The van der Waals surface area contributed by atoms with Crippen LogP contribution >= 0.6 is 0 Å². The zero-order valence-corrected chi connectivity index (χ0v) is 22.9. The first-order valence-corrected chi connectivity index (χ1v) is 13.6. The number of hydrogen-bond acceptors (Lipinski definition) is 5. The summed E-state index contributed by atoms with van der Waals surface area (Å²) >= 11 is 0. The molecule has 0 aromatic rings. The van der Waals surface area contributed by atoms with Crippen molar-refractivity contribution >= 4 is 5.97 Å². The standard InChI is InChI=1S/C31H46O5/c1-21(9-7-18-30(3,4)34)25-14-15-26-24(10-8-19-31(25,26)5)12-11-23-13-16-27(29(33)22(23)2)36-20-17-28(32)35-6/h11-12,21,25-27,29,33-34H,2,8-10,13-17,19-20H2,1,3-6H3/b23-11-,24-12+/t21-,25-,26?,27+,29-,31?/m1/s1. The molecule has 0 saturated heterocycles. The van der Waals surface area contributed by atoms with Gasteiger partial charge in [0.25, 0.3) is 0 Å². The minimum Gasteiger partial charge on any atom is -0.469 e. The average molecular weight is 499 g/mol. The van der Waals surface area contributed by atoms with Gasteiger partial charge >= 0.3 is 5.97 Å². The monoisotopic (exact) mass is 498 g/mol. The zero-order chi connectivity index (χ0) is 26.5. The zero-order valence-electron chi connectivity index (χ0n) is 22.9. The van der Waals surface area contributed by atoms with E-state index in [4.69, 9.17) is 4.74 Å². The number of rotatable bonds is 7. The van der Waals surface area contributed by atoms with Gasteiger partial charge in [0.05, 0.1) is 26.2 Å². The lowest BCUT2D eigenvalue weighted by Gasteiger charge is -2.44. The van der Waals surface area contributed by atoms with Crippen molar-refractivity contribution in [1.82, 2.24) is 0 Å². The number of carbonyl (C=O) groups is 1. The van der Waals surface area contributed by atoms with Crippen molar-refractivity contribution in [3.8, 4) is 11.8 Å². The molecule has 3 rings (SSSR count). The van der Waals surface area contributed by atoms with Crippen molar-refractivity contribution < 1.29 is 24.5 Å². The van der Waals surface area contributed by atoms with E-state index in [2.05, 4.69) is 49.2 Å². The van der Waals surface area contributed by atoms with Crippen molar-refractivity contribution in [2.45, 2.75) is 103 Å². The fourth-order valence-corrected chi connectivity index (χ4v) is 6.78. The normalized spacial score (nSPS) is 33.7. The van der Waals surface area contributed by atoms with Gasteiger partial charge in [-0.25, -0.2) is 0 Å². The molecular formula is C31H46O5. The highest BCUT2D eigenvalue weighted by Crippen LogP contribution is 2.59. The predicted molar refractivity (Wildman–Crippen MR) is 143 cm³/mol.